The van der Waals surface area contributed by atoms with Gasteiger partial charge < -0.3 is 5.32 Å². The van der Waals surface area contributed by atoms with Crippen molar-refractivity contribution in [3.8, 4) is 6.07 Å². The first-order valence-electron chi connectivity index (χ1n) is 4.71. The topological polar surface area (TPSA) is 52.9 Å². The molecule has 0 aliphatic heterocycles. The molecule has 1 rings (SSSR count). The Kier molecular flexibility index (Phi) is 4.93. The molecule has 0 atom stereocenters. The Bertz CT molecular complexity index is 428. The van der Waals surface area contributed by atoms with E-state index in [1.165, 1.54) is 12.1 Å². The summed E-state index contributed by atoms with van der Waals surface area (Å²) in [5.41, 5.74) is 0.743. The molecule has 0 aliphatic rings. The maximum Gasteiger partial charge on any atom is 0.221 e. The SMILES string of the molecule is N#CCNC(=O)CCc1cc(F)ccc1Br. The lowest BCUT2D eigenvalue weighted by Crippen LogP contribution is -2.23. The van der Waals surface area contributed by atoms with Gasteiger partial charge in [-0.3, -0.25) is 4.79 Å². The first kappa shape index (κ1) is 12.7. The van der Waals surface area contributed by atoms with Crippen molar-refractivity contribution in [3.05, 3.63) is 34.1 Å². The van der Waals surface area contributed by atoms with E-state index in [4.69, 9.17) is 5.26 Å². The maximum absolute atomic E-state index is 12.9. The van der Waals surface area contributed by atoms with E-state index in [9.17, 15) is 9.18 Å². The van der Waals surface area contributed by atoms with E-state index in [1.54, 1.807) is 6.07 Å². The molecule has 16 heavy (non-hydrogen) atoms. The van der Waals surface area contributed by atoms with E-state index in [-0.39, 0.29) is 24.7 Å². The molecule has 0 saturated heterocycles. The number of benzene rings is 1. The minimum atomic E-state index is -0.323. The van der Waals surface area contributed by atoms with Gasteiger partial charge in [-0.15, -0.1) is 0 Å². The first-order chi connectivity index (χ1) is 7.63. The van der Waals surface area contributed by atoms with Crippen LogP contribution in [0.3, 0.4) is 0 Å². The maximum atomic E-state index is 12.9. The summed E-state index contributed by atoms with van der Waals surface area (Å²) in [5.74, 6) is -0.534. The van der Waals surface area contributed by atoms with Crippen LogP contribution in [0.1, 0.15) is 12.0 Å². The van der Waals surface area contributed by atoms with E-state index in [0.717, 1.165) is 10.0 Å². The van der Waals surface area contributed by atoms with Crippen LogP contribution in [-0.4, -0.2) is 12.5 Å². The number of carbonyl (C=O) groups is 1. The molecule has 1 amide bonds. The fraction of sp³-hybridized carbons (Fsp3) is 0.273. The van der Waals surface area contributed by atoms with Gasteiger partial charge in [0.1, 0.15) is 12.4 Å². The van der Waals surface area contributed by atoms with E-state index < -0.39 is 0 Å². The van der Waals surface area contributed by atoms with Crippen LogP contribution in [-0.2, 0) is 11.2 Å². The zero-order valence-corrected chi connectivity index (χ0v) is 10.1. The van der Waals surface area contributed by atoms with Gasteiger partial charge in [-0.05, 0) is 30.2 Å². The van der Waals surface area contributed by atoms with Crippen LogP contribution in [0.25, 0.3) is 0 Å². The van der Waals surface area contributed by atoms with Crippen LogP contribution < -0.4 is 5.32 Å². The van der Waals surface area contributed by atoms with Crippen molar-refractivity contribution in [3.63, 3.8) is 0 Å². The molecule has 0 heterocycles. The van der Waals surface area contributed by atoms with Gasteiger partial charge in [0.25, 0.3) is 0 Å². The highest BCUT2D eigenvalue weighted by Gasteiger charge is 2.05. The van der Waals surface area contributed by atoms with Crippen LogP contribution >= 0.6 is 15.9 Å². The molecule has 0 bridgehead atoms. The van der Waals surface area contributed by atoms with Crippen LogP contribution in [0.15, 0.2) is 22.7 Å². The Morgan fingerprint density at radius 1 is 1.56 bits per heavy atom. The monoisotopic (exact) mass is 284 g/mol. The van der Waals surface area contributed by atoms with Crippen molar-refractivity contribution in [2.75, 3.05) is 6.54 Å². The molecule has 0 fully saturated rings. The van der Waals surface area contributed by atoms with E-state index >= 15 is 0 Å². The molecule has 1 N–H and O–H groups in total. The normalized spacial score (nSPS) is 9.56. The second kappa shape index (κ2) is 6.23. The average Bonchev–Trinajstić information content (AvgIpc) is 2.27. The summed E-state index contributed by atoms with van der Waals surface area (Å²) >= 11 is 3.28. The number of amides is 1. The highest BCUT2D eigenvalue weighted by Crippen LogP contribution is 2.19. The number of halogens is 2. The lowest BCUT2D eigenvalue weighted by atomic mass is 10.1. The third kappa shape index (κ3) is 3.99. The van der Waals surface area contributed by atoms with Crippen molar-refractivity contribution >= 4 is 21.8 Å². The van der Waals surface area contributed by atoms with Crippen LogP contribution in [0.2, 0.25) is 0 Å². The molecule has 0 unspecified atom stereocenters. The van der Waals surface area contributed by atoms with Crippen molar-refractivity contribution < 1.29 is 9.18 Å². The third-order valence-electron chi connectivity index (χ3n) is 1.99. The second-order valence-electron chi connectivity index (χ2n) is 3.17. The number of hydrogen-bond acceptors (Lipinski definition) is 2. The Hall–Kier alpha value is -1.41. The van der Waals surface area contributed by atoms with Crippen LogP contribution in [0.5, 0.6) is 0 Å². The standard InChI is InChI=1S/C11H10BrFN2O/c12-10-3-2-9(13)7-8(10)1-4-11(16)15-6-5-14/h2-3,7H,1,4,6H2,(H,15,16). The minimum Gasteiger partial charge on any atom is -0.343 e. The lowest BCUT2D eigenvalue weighted by Gasteiger charge is -2.04. The highest BCUT2D eigenvalue weighted by molar-refractivity contribution is 9.10. The molecular weight excluding hydrogens is 275 g/mol. The molecule has 0 saturated carbocycles. The first-order valence-corrected chi connectivity index (χ1v) is 5.50. The number of rotatable bonds is 4. The van der Waals surface area contributed by atoms with Crippen molar-refractivity contribution in [1.82, 2.24) is 5.32 Å². The Labute approximate surface area is 101 Å². The molecular formula is C11H10BrFN2O. The number of nitriles is 1. The third-order valence-corrected chi connectivity index (χ3v) is 2.77. The number of nitrogens with zero attached hydrogens (tertiary/aromatic N) is 1. The highest BCUT2D eigenvalue weighted by atomic mass is 79.9. The Morgan fingerprint density at radius 3 is 3.00 bits per heavy atom. The summed E-state index contributed by atoms with van der Waals surface area (Å²) in [6, 6.07) is 6.17. The summed E-state index contributed by atoms with van der Waals surface area (Å²) in [6.45, 7) is 0.00313. The van der Waals surface area contributed by atoms with Gasteiger partial charge in [-0.1, -0.05) is 15.9 Å². The fourth-order valence-electron chi connectivity index (χ4n) is 1.21. The molecule has 0 radical (unpaired) electrons. The minimum absolute atomic E-state index is 0.00313. The van der Waals surface area contributed by atoms with Crippen LogP contribution in [0, 0.1) is 17.1 Å². The molecule has 0 aromatic heterocycles. The number of hydrogen-bond donors (Lipinski definition) is 1. The van der Waals surface area contributed by atoms with E-state index in [1.807, 2.05) is 6.07 Å². The summed E-state index contributed by atoms with van der Waals surface area (Å²) in [6.07, 6.45) is 0.680. The Morgan fingerprint density at radius 2 is 2.31 bits per heavy atom. The lowest BCUT2D eigenvalue weighted by molar-refractivity contribution is -0.120. The number of nitrogens with one attached hydrogen (secondary N) is 1. The van der Waals surface area contributed by atoms with Gasteiger partial charge in [0.05, 0.1) is 6.07 Å². The van der Waals surface area contributed by atoms with E-state index in [0.29, 0.717) is 6.42 Å². The van der Waals surface area contributed by atoms with Gasteiger partial charge in [-0.2, -0.15) is 5.26 Å². The van der Waals surface area contributed by atoms with Crippen molar-refractivity contribution in [2.24, 2.45) is 0 Å². The summed E-state index contributed by atoms with van der Waals surface area (Å²) < 4.78 is 13.7. The van der Waals surface area contributed by atoms with Crippen LogP contribution in [0.4, 0.5) is 4.39 Å². The molecule has 1 aromatic rings. The van der Waals surface area contributed by atoms with Crippen molar-refractivity contribution in [1.29, 1.82) is 5.26 Å². The molecule has 84 valence electrons. The quantitative estimate of drug-likeness (QED) is 0.862. The average molecular weight is 285 g/mol. The molecule has 1 aromatic carbocycles. The fourth-order valence-corrected chi connectivity index (χ4v) is 1.65. The predicted octanol–water partition coefficient (Wildman–Crippen LogP) is 2.16. The zero-order chi connectivity index (χ0) is 12.0. The van der Waals surface area contributed by atoms with Gasteiger partial charge in [-0.25, -0.2) is 4.39 Å². The summed E-state index contributed by atoms with van der Waals surface area (Å²) in [7, 11) is 0. The number of carbonyl (C=O) groups excluding carboxylic acids is 1. The predicted molar refractivity (Wildman–Crippen MR) is 61.0 cm³/mol. The summed E-state index contributed by atoms with van der Waals surface area (Å²) in [4.78, 5) is 11.2. The smallest absolute Gasteiger partial charge is 0.221 e. The largest absolute Gasteiger partial charge is 0.343 e. The number of aryl methyl sites for hydroxylation is 1. The van der Waals surface area contributed by atoms with Gasteiger partial charge in [0.2, 0.25) is 5.91 Å². The molecule has 3 nitrogen and oxygen atoms in total. The van der Waals surface area contributed by atoms with Gasteiger partial charge in [0, 0.05) is 10.9 Å². The van der Waals surface area contributed by atoms with Crippen molar-refractivity contribution in [2.45, 2.75) is 12.8 Å². The molecule has 5 heteroatoms. The summed E-state index contributed by atoms with van der Waals surface area (Å²) in [5, 5.41) is 10.7. The molecule has 0 spiro atoms. The van der Waals surface area contributed by atoms with E-state index in [2.05, 4.69) is 21.2 Å². The molecule has 0 aliphatic carbocycles. The Balaban J connectivity index is 2.51. The van der Waals surface area contributed by atoms with Gasteiger partial charge in [0.15, 0.2) is 0 Å². The second-order valence-corrected chi connectivity index (χ2v) is 4.02. The van der Waals surface area contributed by atoms with Gasteiger partial charge >= 0.3 is 0 Å². The zero-order valence-electron chi connectivity index (χ0n) is 8.46.